The van der Waals surface area contributed by atoms with Crippen molar-refractivity contribution in [1.82, 2.24) is 10.2 Å². The molecule has 2 aromatic rings. The summed E-state index contributed by atoms with van der Waals surface area (Å²) in [7, 11) is 0. The summed E-state index contributed by atoms with van der Waals surface area (Å²) in [5.74, 6) is 0.579. The van der Waals surface area contributed by atoms with Gasteiger partial charge in [0.15, 0.2) is 0 Å². The van der Waals surface area contributed by atoms with Crippen molar-refractivity contribution < 1.29 is 14.2 Å². The lowest BCUT2D eigenvalue weighted by Gasteiger charge is -2.32. The number of nitrogens with zero attached hydrogens (tertiary/aromatic N) is 1. The van der Waals surface area contributed by atoms with Gasteiger partial charge in [-0.25, -0.2) is 4.39 Å². The number of hydrogen-bond acceptors (Lipinski definition) is 4. The van der Waals surface area contributed by atoms with E-state index in [1.807, 2.05) is 36.4 Å². The first-order valence-electron chi connectivity index (χ1n) is 9.83. The molecule has 4 nitrogen and oxygen atoms in total. The minimum Gasteiger partial charge on any atom is -0.488 e. The van der Waals surface area contributed by atoms with Gasteiger partial charge in [-0.2, -0.15) is 0 Å². The number of para-hydroxylation sites is 1. The summed E-state index contributed by atoms with van der Waals surface area (Å²) in [5.41, 5.74) is 0.652. The first kappa shape index (κ1) is 18.4. The SMILES string of the molecule is O[C@@H]1[C@@H](N2CCCC2)[C@H](NCc2ccccc2F)C[C@H]1Oc1ccccc1. The molecule has 144 valence electrons. The molecule has 1 aliphatic carbocycles. The molecular formula is C22H27FN2O2. The zero-order chi connectivity index (χ0) is 18.6. The second-order valence-electron chi connectivity index (χ2n) is 7.51. The number of rotatable bonds is 6. The number of likely N-dealkylation sites (tertiary alicyclic amines) is 1. The number of aliphatic hydroxyl groups excluding tert-OH is 1. The molecule has 0 bridgehead atoms. The summed E-state index contributed by atoms with van der Waals surface area (Å²) in [5, 5.41) is 14.5. The van der Waals surface area contributed by atoms with E-state index in [9.17, 15) is 9.50 Å². The number of benzene rings is 2. The van der Waals surface area contributed by atoms with E-state index in [0.29, 0.717) is 18.5 Å². The summed E-state index contributed by atoms with van der Waals surface area (Å²) >= 11 is 0. The Morgan fingerprint density at radius 3 is 2.48 bits per heavy atom. The smallest absolute Gasteiger partial charge is 0.128 e. The average Bonchev–Trinajstić information content (AvgIpc) is 3.30. The summed E-state index contributed by atoms with van der Waals surface area (Å²) in [4.78, 5) is 2.36. The Kier molecular flexibility index (Phi) is 5.72. The van der Waals surface area contributed by atoms with Crippen molar-refractivity contribution in [2.24, 2.45) is 0 Å². The van der Waals surface area contributed by atoms with Gasteiger partial charge in [0.1, 0.15) is 23.8 Å². The highest BCUT2D eigenvalue weighted by Crippen LogP contribution is 2.31. The predicted octanol–water partition coefficient (Wildman–Crippen LogP) is 2.96. The van der Waals surface area contributed by atoms with Crippen LogP contribution in [-0.4, -0.2) is 47.4 Å². The van der Waals surface area contributed by atoms with Crippen LogP contribution in [0.5, 0.6) is 5.75 Å². The highest BCUT2D eigenvalue weighted by atomic mass is 19.1. The zero-order valence-electron chi connectivity index (χ0n) is 15.4. The average molecular weight is 370 g/mol. The lowest BCUT2D eigenvalue weighted by molar-refractivity contribution is 0.0138. The lowest BCUT2D eigenvalue weighted by atomic mass is 10.1. The number of nitrogens with one attached hydrogen (secondary N) is 1. The van der Waals surface area contributed by atoms with Crippen LogP contribution in [0.4, 0.5) is 4.39 Å². The Hall–Kier alpha value is -1.95. The van der Waals surface area contributed by atoms with E-state index in [1.54, 1.807) is 12.1 Å². The van der Waals surface area contributed by atoms with Crippen LogP contribution in [0, 0.1) is 5.82 Å². The minimum absolute atomic E-state index is 0.00649. The molecule has 1 saturated heterocycles. The van der Waals surface area contributed by atoms with Crippen LogP contribution in [-0.2, 0) is 6.54 Å². The minimum atomic E-state index is -0.568. The third kappa shape index (κ3) is 4.15. The van der Waals surface area contributed by atoms with E-state index in [1.165, 1.54) is 6.07 Å². The van der Waals surface area contributed by atoms with Gasteiger partial charge in [-0.1, -0.05) is 36.4 Å². The Morgan fingerprint density at radius 2 is 1.74 bits per heavy atom. The molecule has 0 unspecified atom stereocenters. The van der Waals surface area contributed by atoms with E-state index in [4.69, 9.17) is 4.74 Å². The van der Waals surface area contributed by atoms with E-state index in [0.717, 1.165) is 31.7 Å². The maximum Gasteiger partial charge on any atom is 0.128 e. The van der Waals surface area contributed by atoms with Gasteiger partial charge in [0.25, 0.3) is 0 Å². The standard InChI is InChI=1S/C22H27FN2O2/c23-18-11-5-4-8-16(18)15-24-19-14-20(27-17-9-2-1-3-10-17)22(26)21(19)25-12-6-7-13-25/h1-5,8-11,19-22,24,26H,6-7,12-15H2/t19-,20-,21+,22+/m1/s1. The Balaban J connectivity index is 1.48. The largest absolute Gasteiger partial charge is 0.488 e. The molecule has 2 fully saturated rings. The number of hydrogen-bond donors (Lipinski definition) is 2. The monoisotopic (exact) mass is 370 g/mol. The van der Waals surface area contributed by atoms with Crippen LogP contribution in [0.2, 0.25) is 0 Å². The maximum absolute atomic E-state index is 14.0. The third-order valence-electron chi connectivity index (χ3n) is 5.73. The molecule has 1 saturated carbocycles. The maximum atomic E-state index is 14.0. The first-order valence-corrected chi connectivity index (χ1v) is 9.83. The lowest BCUT2D eigenvalue weighted by Crippen LogP contribution is -2.51. The topological polar surface area (TPSA) is 44.7 Å². The van der Waals surface area contributed by atoms with Gasteiger partial charge in [-0.3, -0.25) is 4.90 Å². The molecule has 4 rings (SSSR count). The van der Waals surface area contributed by atoms with Crippen molar-refractivity contribution in [3.63, 3.8) is 0 Å². The summed E-state index contributed by atoms with van der Waals surface area (Å²) in [6.07, 6.45) is 2.18. The molecule has 0 radical (unpaired) electrons. The predicted molar refractivity (Wildman–Crippen MR) is 103 cm³/mol. The molecule has 0 aromatic heterocycles. The fourth-order valence-electron chi connectivity index (χ4n) is 4.38. The Labute approximate surface area is 160 Å². The molecular weight excluding hydrogens is 343 g/mol. The van der Waals surface area contributed by atoms with Crippen molar-refractivity contribution >= 4 is 0 Å². The molecule has 5 heteroatoms. The molecule has 2 N–H and O–H groups in total. The van der Waals surface area contributed by atoms with Crippen molar-refractivity contribution in [1.29, 1.82) is 0 Å². The Bertz CT molecular complexity index is 736. The molecule has 0 amide bonds. The second-order valence-corrected chi connectivity index (χ2v) is 7.51. The van der Waals surface area contributed by atoms with Crippen LogP contribution >= 0.6 is 0 Å². The Morgan fingerprint density at radius 1 is 1.04 bits per heavy atom. The molecule has 0 spiro atoms. The molecule has 2 aromatic carbocycles. The number of aliphatic hydroxyl groups is 1. The highest BCUT2D eigenvalue weighted by Gasteiger charge is 2.47. The van der Waals surface area contributed by atoms with Crippen molar-refractivity contribution in [3.05, 3.63) is 66.0 Å². The van der Waals surface area contributed by atoms with Gasteiger partial charge in [0.05, 0.1) is 6.04 Å². The quantitative estimate of drug-likeness (QED) is 0.821. The molecule has 1 heterocycles. The molecule has 2 aliphatic rings. The van der Waals surface area contributed by atoms with Gasteiger partial charge in [0, 0.05) is 24.6 Å². The third-order valence-corrected chi connectivity index (χ3v) is 5.73. The van der Waals surface area contributed by atoms with Crippen molar-refractivity contribution in [2.45, 2.75) is 50.1 Å². The van der Waals surface area contributed by atoms with E-state index in [2.05, 4.69) is 10.2 Å². The van der Waals surface area contributed by atoms with Crippen molar-refractivity contribution in [2.75, 3.05) is 13.1 Å². The normalized spacial score (nSPS) is 28.5. The molecule has 1 aliphatic heterocycles. The van der Waals surface area contributed by atoms with E-state index < -0.39 is 6.10 Å². The fourth-order valence-corrected chi connectivity index (χ4v) is 4.38. The van der Waals surface area contributed by atoms with Gasteiger partial charge in [-0.15, -0.1) is 0 Å². The van der Waals surface area contributed by atoms with E-state index in [-0.39, 0.29) is 24.0 Å². The number of halogens is 1. The summed E-state index contributed by atoms with van der Waals surface area (Å²) < 4.78 is 20.1. The number of ether oxygens (including phenoxy) is 1. The van der Waals surface area contributed by atoms with Crippen LogP contribution < -0.4 is 10.1 Å². The van der Waals surface area contributed by atoms with Crippen molar-refractivity contribution in [3.8, 4) is 5.75 Å². The highest BCUT2D eigenvalue weighted by molar-refractivity contribution is 5.22. The molecule has 27 heavy (non-hydrogen) atoms. The van der Waals surface area contributed by atoms with Crippen LogP contribution in [0.25, 0.3) is 0 Å². The molecule has 4 atom stereocenters. The van der Waals surface area contributed by atoms with Gasteiger partial charge < -0.3 is 15.2 Å². The summed E-state index contributed by atoms with van der Waals surface area (Å²) in [6, 6.07) is 16.5. The van der Waals surface area contributed by atoms with Crippen LogP contribution in [0.1, 0.15) is 24.8 Å². The summed E-state index contributed by atoms with van der Waals surface area (Å²) in [6.45, 7) is 2.45. The second kappa shape index (κ2) is 8.38. The van der Waals surface area contributed by atoms with Crippen LogP contribution in [0.15, 0.2) is 54.6 Å². The van der Waals surface area contributed by atoms with Crippen LogP contribution in [0.3, 0.4) is 0 Å². The van der Waals surface area contributed by atoms with Gasteiger partial charge >= 0.3 is 0 Å². The fraction of sp³-hybridized carbons (Fsp3) is 0.455. The first-order chi connectivity index (χ1) is 13.2. The zero-order valence-corrected chi connectivity index (χ0v) is 15.4. The van der Waals surface area contributed by atoms with Gasteiger partial charge in [-0.05, 0) is 44.1 Å². The van der Waals surface area contributed by atoms with Gasteiger partial charge in [0.2, 0.25) is 0 Å². The van der Waals surface area contributed by atoms with E-state index >= 15 is 0 Å².